The van der Waals surface area contributed by atoms with Crippen molar-refractivity contribution in [2.24, 2.45) is 0 Å². The zero-order valence-corrected chi connectivity index (χ0v) is 17.1. The number of hydrogen-bond acceptors (Lipinski definition) is 6. The molecular weight excluding hydrogens is 458 g/mol. The number of pyridine rings is 1. The minimum atomic E-state index is -4.66. The van der Waals surface area contributed by atoms with E-state index in [4.69, 9.17) is 16.0 Å². The van der Waals surface area contributed by atoms with E-state index in [2.05, 4.69) is 31.8 Å². The monoisotopic (exact) mass is 473 g/mol. The Bertz CT molecular complexity index is 1130. The van der Waals surface area contributed by atoms with E-state index in [1.54, 1.807) is 0 Å². The zero-order chi connectivity index (χ0) is 23.0. The molecule has 3 aromatic rings. The van der Waals surface area contributed by atoms with Crippen molar-refractivity contribution in [2.75, 3.05) is 0 Å². The van der Waals surface area contributed by atoms with E-state index in [-0.39, 0.29) is 54.1 Å². The normalized spacial score (nSPS) is 18.5. The second-order valence-electron chi connectivity index (χ2n) is 7.31. The van der Waals surface area contributed by atoms with Gasteiger partial charge >= 0.3 is 6.36 Å². The lowest BCUT2D eigenvalue weighted by Crippen LogP contribution is -2.34. The third kappa shape index (κ3) is 5.07. The highest BCUT2D eigenvalue weighted by atomic mass is 35.5. The van der Waals surface area contributed by atoms with Crippen LogP contribution in [0.3, 0.4) is 0 Å². The highest BCUT2D eigenvalue weighted by molar-refractivity contribution is 6.31. The Kier molecular flexibility index (Phi) is 5.91. The van der Waals surface area contributed by atoms with Gasteiger partial charge in [-0.25, -0.2) is 9.37 Å². The second kappa shape index (κ2) is 8.51. The van der Waals surface area contributed by atoms with Gasteiger partial charge in [0.1, 0.15) is 11.3 Å². The summed E-state index contributed by atoms with van der Waals surface area (Å²) in [5.41, 5.74) is 0.719. The van der Waals surface area contributed by atoms with Crippen LogP contribution in [-0.4, -0.2) is 38.0 Å². The number of alkyl halides is 3. The number of nitrogens with zero attached hydrogens (tertiary/aromatic N) is 4. The SMILES string of the molecule is C=C(CCc1nnc([C@H]2C[C@@H](OC(F)(F)F)C2)o1)NC(=O)c1cn2cc(F)c(Cl)cc2n1. The number of rotatable bonds is 7. The molecule has 1 aliphatic rings. The van der Waals surface area contributed by atoms with Gasteiger partial charge in [0, 0.05) is 36.5 Å². The average molecular weight is 474 g/mol. The smallest absolute Gasteiger partial charge is 0.425 e. The minimum absolute atomic E-state index is 0.0495. The number of nitrogens with one attached hydrogen (secondary N) is 1. The molecule has 1 aliphatic carbocycles. The van der Waals surface area contributed by atoms with E-state index in [1.165, 1.54) is 16.7 Å². The summed E-state index contributed by atoms with van der Waals surface area (Å²) in [6.45, 7) is 3.77. The van der Waals surface area contributed by atoms with Crippen molar-refractivity contribution in [3.63, 3.8) is 0 Å². The lowest BCUT2D eigenvalue weighted by Gasteiger charge is -2.32. The number of carbonyl (C=O) groups is 1. The summed E-state index contributed by atoms with van der Waals surface area (Å²) in [5.74, 6) is -0.927. The molecule has 0 bridgehead atoms. The minimum Gasteiger partial charge on any atom is -0.425 e. The Morgan fingerprint density at radius 3 is 2.81 bits per heavy atom. The van der Waals surface area contributed by atoms with Crippen LogP contribution in [0.4, 0.5) is 17.6 Å². The fraction of sp³-hybridized carbons (Fsp3) is 0.368. The predicted octanol–water partition coefficient (Wildman–Crippen LogP) is 4.17. The van der Waals surface area contributed by atoms with Crippen molar-refractivity contribution in [3.05, 3.63) is 59.1 Å². The number of hydrogen-bond donors (Lipinski definition) is 1. The first-order valence-corrected chi connectivity index (χ1v) is 9.85. The first-order chi connectivity index (χ1) is 15.1. The average Bonchev–Trinajstić information content (AvgIpc) is 3.29. The highest BCUT2D eigenvalue weighted by Gasteiger charge is 2.42. The maximum atomic E-state index is 13.5. The number of imidazole rings is 1. The fourth-order valence-corrected chi connectivity index (χ4v) is 3.37. The molecule has 0 saturated heterocycles. The van der Waals surface area contributed by atoms with Crippen molar-refractivity contribution in [3.8, 4) is 0 Å². The summed E-state index contributed by atoms with van der Waals surface area (Å²) in [7, 11) is 0. The standard InChI is InChI=1S/C19H16ClF4N5O3/c1-9(25-17(30)14-8-29-7-13(21)12(20)6-15(29)26-14)2-3-16-27-28-18(31-16)10-4-11(5-10)32-19(22,23)24/h6-8,10-11H,1-5H2,(H,25,30)/t10-,11+. The number of amides is 1. The highest BCUT2D eigenvalue weighted by Crippen LogP contribution is 2.40. The van der Waals surface area contributed by atoms with Gasteiger partial charge in [-0.15, -0.1) is 23.4 Å². The van der Waals surface area contributed by atoms with Crippen molar-refractivity contribution < 1.29 is 31.5 Å². The quantitative estimate of drug-likeness (QED) is 0.518. The van der Waals surface area contributed by atoms with E-state index < -0.39 is 24.2 Å². The van der Waals surface area contributed by atoms with Crippen LogP contribution in [0, 0.1) is 5.82 Å². The molecule has 170 valence electrons. The molecule has 1 saturated carbocycles. The van der Waals surface area contributed by atoms with E-state index in [9.17, 15) is 22.4 Å². The molecule has 8 nitrogen and oxygen atoms in total. The largest absolute Gasteiger partial charge is 0.522 e. The van der Waals surface area contributed by atoms with Crippen LogP contribution in [-0.2, 0) is 11.2 Å². The van der Waals surface area contributed by atoms with Crippen molar-refractivity contribution >= 4 is 23.2 Å². The Balaban J connectivity index is 1.26. The number of halogens is 5. The Labute approximate surface area is 183 Å². The molecule has 0 aliphatic heterocycles. The second-order valence-corrected chi connectivity index (χ2v) is 7.71. The molecule has 32 heavy (non-hydrogen) atoms. The molecule has 0 aromatic carbocycles. The molecule has 3 heterocycles. The lowest BCUT2D eigenvalue weighted by molar-refractivity contribution is -0.352. The number of carbonyl (C=O) groups excluding carboxylic acids is 1. The number of aromatic nitrogens is 4. The van der Waals surface area contributed by atoms with Crippen LogP contribution in [0.25, 0.3) is 5.65 Å². The predicted molar refractivity (Wildman–Crippen MR) is 102 cm³/mol. The van der Waals surface area contributed by atoms with E-state index in [0.29, 0.717) is 11.3 Å². The van der Waals surface area contributed by atoms with Gasteiger partial charge in [-0.3, -0.25) is 9.53 Å². The third-order valence-corrected chi connectivity index (χ3v) is 5.18. The van der Waals surface area contributed by atoms with E-state index in [0.717, 1.165) is 6.20 Å². The van der Waals surface area contributed by atoms with E-state index >= 15 is 0 Å². The molecule has 1 amide bonds. The fourth-order valence-electron chi connectivity index (χ4n) is 3.22. The zero-order valence-electron chi connectivity index (χ0n) is 16.3. The number of aryl methyl sites for hydroxylation is 1. The molecule has 0 radical (unpaired) electrons. The Morgan fingerprint density at radius 2 is 2.09 bits per heavy atom. The number of allylic oxidation sites excluding steroid dienone is 1. The van der Waals surface area contributed by atoms with Crippen LogP contribution in [0.15, 0.2) is 35.2 Å². The third-order valence-electron chi connectivity index (χ3n) is 4.89. The van der Waals surface area contributed by atoms with E-state index in [1.807, 2.05) is 0 Å². The van der Waals surface area contributed by atoms with Gasteiger partial charge in [-0.2, -0.15) is 0 Å². The van der Waals surface area contributed by atoms with Gasteiger partial charge in [-0.05, 0) is 19.3 Å². The summed E-state index contributed by atoms with van der Waals surface area (Å²) in [4.78, 5) is 16.4. The van der Waals surface area contributed by atoms with Gasteiger partial charge in [0.2, 0.25) is 11.8 Å². The molecule has 3 aromatic heterocycles. The van der Waals surface area contributed by atoms with Crippen molar-refractivity contribution in [2.45, 2.75) is 44.1 Å². The molecule has 1 N–H and O–H groups in total. The maximum absolute atomic E-state index is 13.5. The molecule has 0 atom stereocenters. The lowest BCUT2D eigenvalue weighted by atomic mass is 9.82. The van der Waals surface area contributed by atoms with Gasteiger partial charge in [0.05, 0.1) is 11.1 Å². The first-order valence-electron chi connectivity index (χ1n) is 9.47. The number of ether oxygens (including phenoxy) is 1. The van der Waals surface area contributed by atoms with Crippen LogP contribution in [0.2, 0.25) is 5.02 Å². The summed E-state index contributed by atoms with van der Waals surface area (Å²) in [6.07, 6.45) is -2.24. The number of fused-ring (bicyclic) bond motifs is 1. The van der Waals surface area contributed by atoms with Crippen LogP contribution in [0.1, 0.15) is 47.5 Å². The Morgan fingerprint density at radius 1 is 1.34 bits per heavy atom. The van der Waals surface area contributed by atoms with Gasteiger partial charge < -0.3 is 14.1 Å². The summed E-state index contributed by atoms with van der Waals surface area (Å²) in [5, 5.41) is 10.2. The van der Waals surface area contributed by atoms with Gasteiger partial charge in [-0.1, -0.05) is 18.2 Å². The molecule has 1 fully saturated rings. The summed E-state index contributed by atoms with van der Waals surface area (Å²) >= 11 is 5.71. The molecular formula is C19H16ClF4N5O3. The van der Waals surface area contributed by atoms with Gasteiger partial charge in [0.25, 0.3) is 5.91 Å². The molecule has 4 rings (SSSR count). The molecule has 13 heteroatoms. The Hall–Kier alpha value is -2.99. The van der Waals surface area contributed by atoms with Crippen LogP contribution < -0.4 is 5.32 Å². The maximum Gasteiger partial charge on any atom is 0.522 e. The topological polar surface area (TPSA) is 94.5 Å². The van der Waals surface area contributed by atoms with Crippen molar-refractivity contribution in [1.29, 1.82) is 0 Å². The molecule has 0 spiro atoms. The summed E-state index contributed by atoms with van der Waals surface area (Å²) < 4.78 is 60.9. The first kappa shape index (κ1) is 22.2. The van der Waals surface area contributed by atoms with Crippen LogP contribution in [0.5, 0.6) is 0 Å². The molecule has 0 unspecified atom stereocenters. The van der Waals surface area contributed by atoms with Gasteiger partial charge in [0.15, 0.2) is 5.82 Å². The van der Waals surface area contributed by atoms with Crippen molar-refractivity contribution in [1.82, 2.24) is 24.9 Å². The summed E-state index contributed by atoms with van der Waals surface area (Å²) in [6, 6.07) is 1.30. The van der Waals surface area contributed by atoms with Crippen LogP contribution >= 0.6 is 11.6 Å².